The van der Waals surface area contributed by atoms with Crippen LogP contribution in [0.25, 0.3) is 0 Å². The summed E-state index contributed by atoms with van der Waals surface area (Å²) in [4.78, 5) is 25.6. The Kier molecular flexibility index (Phi) is 5.92. The predicted octanol–water partition coefficient (Wildman–Crippen LogP) is 3.89. The van der Waals surface area contributed by atoms with E-state index in [1.807, 2.05) is 29.6 Å². The van der Waals surface area contributed by atoms with Crippen LogP contribution in [-0.4, -0.2) is 30.9 Å². The van der Waals surface area contributed by atoms with Crippen molar-refractivity contribution in [1.29, 1.82) is 0 Å². The Morgan fingerprint density at radius 1 is 1.39 bits per heavy atom. The Morgan fingerprint density at radius 3 is 2.74 bits per heavy atom. The number of nitrogens with two attached hydrogens (primary N) is 1. The van der Waals surface area contributed by atoms with Gasteiger partial charge in [0.25, 0.3) is 5.91 Å². The van der Waals surface area contributed by atoms with E-state index in [0.717, 1.165) is 10.5 Å². The Morgan fingerprint density at radius 2 is 2.13 bits per heavy atom. The molecule has 0 atom stereocenters. The highest BCUT2D eigenvalue weighted by molar-refractivity contribution is 7.98. The number of amides is 3. The zero-order chi connectivity index (χ0) is 17.0. The zero-order valence-electron chi connectivity index (χ0n) is 12.6. The fourth-order valence-corrected chi connectivity index (χ4v) is 4.13. The molecule has 23 heavy (non-hydrogen) atoms. The molecule has 0 radical (unpaired) electrons. The maximum atomic E-state index is 11.8. The number of hydrogen-bond acceptors (Lipinski definition) is 4. The fraction of sp³-hybridized carbons (Fsp3) is 0.200. The minimum Gasteiger partial charge on any atom is -0.365 e. The van der Waals surface area contributed by atoms with Gasteiger partial charge in [0.05, 0.1) is 5.56 Å². The molecule has 1 aromatic heterocycles. The average molecular weight is 370 g/mol. The fourth-order valence-electron chi connectivity index (χ4n) is 1.77. The highest BCUT2D eigenvalue weighted by atomic mass is 35.5. The average Bonchev–Trinajstić information content (AvgIpc) is 2.88. The summed E-state index contributed by atoms with van der Waals surface area (Å²) in [5, 5.41) is 5.64. The van der Waals surface area contributed by atoms with Crippen molar-refractivity contribution in [3.8, 4) is 0 Å². The van der Waals surface area contributed by atoms with E-state index in [1.54, 1.807) is 14.1 Å². The van der Waals surface area contributed by atoms with Gasteiger partial charge in [-0.15, -0.1) is 23.1 Å². The molecule has 0 aliphatic heterocycles. The van der Waals surface area contributed by atoms with Crippen molar-refractivity contribution in [1.82, 2.24) is 4.90 Å². The van der Waals surface area contributed by atoms with Gasteiger partial charge in [0.1, 0.15) is 5.00 Å². The van der Waals surface area contributed by atoms with Gasteiger partial charge in [-0.3, -0.25) is 10.1 Å². The molecule has 0 spiro atoms. The van der Waals surface area contributed by atoms with Crippen molar-refractivity contribution in [2.45, 2.75) is 10.6 Å². The number of primary amides is 1. The summed E-state index contributed by atoms with van der Waals surface area (Å²) in [5.74, 6) is 0.0902. The number of anilines is 1. The van der Waals surface area contributed by atoms with Crippen molar-refractivity contribution < 1.29 is 9.59 Å². The minimum atomic E-state index is -0.561. The quantitative estimate of drug-likeness (QED) is 0.785. The van der Waals surface area contributed by atoms with Crippen LogP contribution in [0.5, 0.6) is 0 Å². The van der Waals surface area contributed by atoms with Crippen LogP contribution in [0, 0.1) is 0 Å². The number of halogens is 1. The molecule has 0 bridgehead atoms. The second-order valence-electron chi connectivity index (χ2n) is 4.91. The summed E-state index contributed by atoms with van der Waals surface area (Å²) < 4.78 is 0. The van der Waals surface area contributed by atoms with Crippen LogP contribution in [0.1, 0.15) is 15.9 Å². The van der Waals surface area contributed by atoms with Gasteiger partial charge in [-0.25, -0.2) is 4.79 Å². The van der Waals surface area contributed by atoms with Gasteiger partial charge in [0.15, 0.2) is 0 Å². The van der Waals surface area contributed by atoms with E-state index >= 15 is 0 Å². The van der Waals surface area contributed by atoms with Gasteiger partial charge in [-0.05, 0) is 17.7 Å². The standard InChI is InChI=1S/C15H16ClN3O2S2/c1-19(2)15(21)18-14-12(13(17)20)11(8-23-14)22-7-9-4-3-5-10(16)6-9/h3-6,8H,7H2,1-2H3,(H2,17,20)(H,18,21). The first-order valence-corrected chi connectivity index (χ1v) is 8.89. The number of nitrogens with one attached hydrogen (secondary N) is 1. The molecule has 122 valence electrons. The van der Waals surface area contributed by atoms with E-state index < -0.39 is 5.91 Å². The number of thioether (sulfide) groups is 1. The molecule has 0 aliphatic rings. The first-order chi connectivity index (χ1) is 10.9. The number of hydrogen-bond donors (Lipinski definition) is 2. The van der Waals surface area contributed by atoms with Gasteiger partial charge in [0.2, 0.25) is 0 Å². The highest BCUT2D eigenvalue weighted by Crippen LogP contribution is 2.36. The lowest BCUT2D eigenvalue weighted by atomic mass is 10.2. The lowest BCUT2D eigenvalue weighted by Gasteiger charge is -2.11. The molecule has 0 aliphatic carbocycles. The first-order valence-electron chi connectivity index (χ1n) is 6.65. The third-order valence-corrected chi connectivity index (χ3v) is 5.30. The second kappa shape index (κ2) is 7.72. The number of rotatable bonds is 5. The lowest BCUT2D eigenvalue weighted by Crippen LogP contribution is -2.28. The van der Waals surface area contributed by atoms with E-state index in [0.29, 0.717) is 21.3 Å². The molecule has 0 unspecified atom stereocenters. The summed E-state index contributed by atoms with van der Waals surface area (Å²) in [6.45, 7) is 0. The number of benzene rings is 1. The molecule has 2 rings (SSSR count). The second-order valence-corrected chi connectivity index (χ2v) is 7.24. The Balaban J connectivity index is 2.17. The molecule has 0 saturated heterocycles. The maximum Gasteiger partial charge on any atom is 0.321 e. The molecule has 1 heterocycles. The zero-order valence-corrected chi connectivity index (χ0v) is 15.0. The van der Waals surface area contributed by atoms with Crippen LogP contribution in [0.4, 0.5) is 9.80 Å². The largest absolute Gasteiger partial charge is 0.365 e. The van der Waals surface area contributed by atoms with Crippen molar-refractivity contribution in [3.05, 3.63) is 45.8 Å². The Bertz CT molecular complexity index is 731. The summed E-state index contributed by atoms with van der Waals surface area (Å²) in [7, 11) is 3.25. The molecule has 1 aromatic carbocycles. The predicted molar refractivity (Wildman–Crippen MR) is 96.6 cm³/mol. The summed E-state index contributed by atoms with van der Waals surface area (Å²) >= 11 is 8.73. The molecular formula is C15H16ClN3O2S2. The molecular weight excluding hydrogens is 354 g/mol. The Labute approximate surface area is 147 Å². The van der Waals surface area contributed by atoms with Gasteiger partial charge < -0.3 is 10.6 Å². The SMILES string of the molecule is CN(C)C(=O)Nc1scc(SCc2cccc(Cl)c2)c1C(N)=O. The third kappa shape index (κ3) is 4.63. The third-order valence-electron chi connectivity index (χ3n) is 2.91. The monoisotopic (exact) mass is 369 g/mol. The van der Waals surface area contributed by atoms with Crippen LogP contribution < -0.4 is 11.1 Å². The topological polar surface area (TPSA) is 75.4 Å². The van der Waals surface area contributed by atoms with E-state index in [9.17, 15) is 9.59 Å². The van der Waals surface area contributed by atoms with Crippen LogP contribution in [0.15, 0.2) is 34.5 Å². The summed E-state index contributed by atoms with van der Waals surface area (Å²) in [6, 6.07) is 7.22. The van der Waals surface area contributed by atoms with Crippen molar-refractivity contribution >= 4 is 51.6 Å². The lowest BCUT2D eigenvalue weighted by molar-refractivity contribution is 0.0999. The summed E-state index contributed by atoms with van der Waals surface area (Å²) in [5.41, 5.74) is 6.86. The van der Waals surface area contributed by atoms with Crippen LogP contribution in [0.3, 0.4) is 0 Å². The number of nitrogens with zero attached hydrogens (tertiary/aromatic N) is 1. The molecule has 5 nitrogen and oxygen atoms in total. The molecule has 0 saturated carbocycles. The minimum absolute atomic E-state index is 0.305. The smallest absolute Gasteiger partial charge is 0.321 e. The normalized spacial score (nSPS) is 10.4. The first kappa shape index (κ1) is 17.7. The number of urea groups is 1. The van der Waals surface area contributed by atoms with Crippen LogP contribution in [-0.2, 0) is 5.75 Å². The summed E-state index contributed by atoms with van der Waals surface area (Å²) in [6.07, 6.45) is 0. The van der Waals surface area contributed by atoms with Crippen molar-refractivity contribution in [2.75, 3.05) is 19.4 Å². The van der Waals surface area contributed by atoms with E-state index in [1.165, 1.54) is 28.0 Å². The molecule has 3 amide bonds. The van der Waals surface area contributed by atoms with Crippen LogP contribution >= 0.6 is 34.7 Å². The van der Waals surface area contributed by atoms with Gasteiger partial charge in [-0.2, -0.15) is 0 Å². The maximum absolute atomic E-state index is 11.8. The molecule has 8 heteroatoms. The van der Waals surface area contributed by atoms with Crippen LogP contribution in [0.2, 0.25) is 5.02 Å². The molecule has 3 N–H and O–H groups in total. The van der Waals surface area contributed by atoms with Gasteiger partial charge in [-0.1, -0.05) is 23.7 Å². The Hall–Kier alpha value is -1.70. The van der Waals surface area contributed by atoms with E-state index in [-0.39, 0.29) is 6.03 Å². The molecule has 0 fully saturated rings. The number of carbonyl (C=O) groups is 2. The van der Waals surface area contributed by atoms with Gasteiger partial charge in [0, 0.05) is 35.1 Å². The van der Waals surface area contributed by atoms with E-state index in [2.05, 4.69) is 5.32 Å². The van der Waals surface area contributed by atoms with Crippen molar-refractivity contribution in [2.24, 2.45) is 5.73 Å². The van der Waals surface area contributed by atoms with E-state index in [4.69, 9.17) is 17.3 Å². The van der Waals surface area contributed by atoms with Crippen molar-refractivity contribution in [3.63, 3.8) is 0 Å². The molecule has 2 aromatic rings. The van der Waals surface area contributed by atoms with Gasteiger partial charge >= 0.3 is 6.03 Å². The highest BCUT2D eigenvalue weighted by Gasteiger charge is 2.19. The number of thiophene rings is 1. The number of carbonyl (C=O) groups excluding carboxylic acids is 2.